The fourth-order valence-electron chi connectivity index (χ4n) is 0.590. The van der Waals surface area contributed by atoms with Crippen LogP contribution in [-0.2, 0) is 0 Å². The molecule has 0 fully saturated rings. The standard InChI is InChI=1S/C7H8S2/c1-2-3-7-6(8)4-5-9-7/h2-5,8H,1H3/b3-2-. The van der Waals surface area contributed by atoms with E-state index in [9.17, 15) is 0 Å². The monoisotopic (exact) mass is 156 g/mol. The largest absolute Gasteiger partial charge is 0.143 e. The van der Waals surface area contributed by atoms with Crippen LogP contribution in [-0.4, -0.2) is 0 Å². The molecule has 0 saturated carbocycles. The normalized spacial score (nSPS) is 10.9. The van der Waals surface area contributed by atoms with Crippen LogP contribution in [0.1, 0.15) is 11.8 Å². The number of thiol groups is 1. The summed E-state index contributed by atoms with van der Waals surface area (Å²) in [5, 5.41) is 2.04. The highest BCUT2D eigenvalue weighted by Gasteiger charge is 1.92. The van der Waals surface area contributed by atoms with Crippen LogP contribution < -0.4 is 0 Å². The quantitative estimate of drug-likeness (QED) is 0.593. The molecule has 1 aromatic rings. The van der Waals surface area contributed by atoms with Gasteiger partial charge in [0.1, 0.15) is 0 Å². The minimum Gasteiger partial charge on any atom is -0.143 e. The van der Waals surface area contributed by atoms with Crippen molar-refractivity contribution in [2.24, 2.45) is 0 Å². The second-order valence-electron chi connectivity index (χ2n) is 1.67. The molecule has 1 aromatic heterocycles. The lowest BCUT2D eigenvalue weighted by molar-refractivity contribution is 1.57. The van der Waals surface area contributed by atoms with Gasteiger partial charge in [-0.15, -0.1) is 24.0 Å². The molecule has 0 spiro atoms. The molecule has 0 bridgehead atoms. The summed E-state index contributed by atoms with van der Waals surface area (Å²) in [5.74, 6) is 0. The summed E-state index contributed by atoms with van der Waals surface area (Å²) < 4.78 is 0. The third-order valence-corrected chi connectivity index (χ3v) is 2.41. The first kappa shape index (κ1) is 6.90. The molecular weight excluding hydrogens is 148 g/mol. The highest BCUT2D eigenvalue weighted by molar-refractivity contribution is 7.80. The molecule has 0 N–H and O–H groups in total. The highest BCUT2D eigenvalue weighted by atomic mass is 32.1. The van der Waals surface area contributed by atoms with Gasteiger partial charge in [-0.25, -0.2) is 0 Å². The van der Waals surface area contributed by atoms with Gasteiger partial charge in [-0.1, -0.05) is 6.08 Å². The molecule has 0 aliphatic heterocycles. The second-order valence-corrected chi connectivity index (χ2v) is 3.10. The van der Waals surface area contributed by atoms with Crippen LogP contribution in [0.3, 0.4) is 0 Å². The molecule has 0 aliphatic carbocycles. The zero-order valence-electron chi connectivity index (χ0n) is 5.16. The van der Waals surface area contributed by atoms with E-state index in [4.69, 9.17) is 0 Å². The molecule has 48 valence electrons. The van der Waals surface area contributed by atoms with Gasteiger partial charge in [-0.2, -0.15) is 0 Å². The molecule has 0 aliphatic rings. The number of hydrogen-bond donors (Lipinski definition) is 1. The Labute approximate surface area is 64.6 Å². The highest BCUT2D eigenvalue weighted by Crippen LogP contribution is 2.21. The Bertz CT molecular complexity index is 210. The van der Waals surface area contributed by atoms with Crippen LogP contribution in [0.4, 0.5) is 0 Å². The fraction of sp³-hybridized carbons (Fsp3) is 0.143. The summed E-state index contributed by atoms with van der Waals surface area (Å²) in [6.07, 6.45) is 4.08. The maximum atomic E-state index is 4.24. The Balaban J connectivity index is 2.94. The van der Waals surface area contributed by atoms with Gasteiger partial charge in [0.15, 0.2) is 0 Å². The van der Waals surface area contributed by atoms with Crippen LogP contribution in [0.2, 0.25) is 0 Å². The van der Waals surface area contributed by atoms with Crippen molar-refractivity contribution in [3.63, 3.8) is 0 Å². The van der Waals surface area contributed by atoms with Gasteiger partial charge in [-0.05, 0) is 24.4 Å². The number of rotatable bonds is 1. The van der Waals surface area contributed by atoms with Gasteiger partial charge in [-0.3, -0.25) is 0 Å². The van der Waals surface area contributed by atoms with Crippen molar-refractivity contribution in [1.82, 2.24) is 0 Å². The van der Waals surface area contributed by atoms with E-state index in [2.05, 4.69) is 18.7 Å². The Kier molecular flexibility index (Phi) is 2.37. The second kappa shape index (κ2) is 3.08. The number of hydrogen-bond acceptors (Lipinski definition) is 2. The SMILES string of the molecule is C/C=C\c1sccc1S. The van der Waals surface area contributed by atoms with Gasteiger partial charge in [0.05, 0.1) is 0 Å². The van der Waals surface area contributed by atoms with E-state index in [1.165, 1.54) is 4.88 Å². The van der Waals surface area contributed by atoms with Gasteiger partial charge >= 0.3 is 0 Å². The summed E-state index contributed by atoms with van der Waals surface area (Å²) in [6, 6.07) is 2.00. The van der Waals surface area contributed by atoms with Crippen molar-refractivity contribution in [3.8, 4) is 0 Å². The summed E-state index contributed by atoms with van der Waals surface area (Å²) in [4.78, 5) is 2.30. The van der Waals surface area contributed by atoms with Crippen LogP contribution in [0.25, 0.3) is 6.08 Å². The van der Waals surface area contributed by atoms with Crippen LogP contribution in [0.5, 0.6) is 0 Å². The van der Waals surface area contributed by atoms with E-state index in [0.717, 1.165) is 4.90 Å². The molecule has 0 aromatic carbocycles. The van der Waals surface area contributed by atoms with E-state index >= 15 is 0 Å². The fourth-order valence-corrected chi connectivity index (χ4v) is 1.75. The van der Waals surface area contributed by atoms with Crippen molar-refractivity contribution < 1.29 is 0 Å². The summed E-state index contributed by atoms with van der Waals surface area (Å²) >= 11 is 5.95. The average Bonchev–Trinajstić information content (AvgIpc) is 2.18. The molecule has 0 radical (unpaired) electrons. The molecule has 9 heavy (non-hydrogen) atoms. The first-order chi connectivity index (χ1) is 4.34. The van der Waals surface area contributed by atoms with Gasteiger partial charge < -0.3 is 0 Å². The Morgan fingerprint density at radius 1 is 1.67 bits per heavy atom. The zero-order chi connectivity index (χ0) is 6.69. The van der Waals surface area contributed by atoms with Gasteiger partial charge in [0.2, 0.25) is 0 Å². The third-order valence-electron chi connectivity index (χ3n) is 0.991. The van der Waals surface area contributed by atoms with Crippen molar-refractivity contribution in [1.29, 1.82) is 0 Å². The smallest absolute Gasteiger partial charge is 0.0400 e. The van der Waals surface area contributed by atoms with Crippen molar-refractivity contribution in [2.75, 3.05) is 0 Å². The molecule has 0 atom stereocenters. The molecule has 0 nitrogen and oxygen atoms in total. The van der Waals surface area contributed by atoms with E-state index in [1.54, 1.807) is 11.3 Å². The van der Waals surface area contributed by atoms with E-state index in [1.807, 2.05) is 24.4 Å². The average molecular weight is 156 g/mol. The number of allylic oxidation sites excluding steroid dienone is 1. The molecule has 2 heteroatoms. The maximum absolute atomic E-state index is 4.24. The summed E-state index contributed by atoms with van der Waals surface area (Å²) in [6.45, 7) is 2.01. The van der Waals surface area contributed by atoms with Crippen molar-refractivity contribution in [2.45, 2.75) is 11.8 Å². The molecule has 1 rings (SSSR count). The van der Waals surface area contributed by atoms with Gasteiger partial charge in [0.25, 0.3) is 0 Å². The molecular formula is C7H8S2. The molecule has 0 saturated heterocycles. The zero-order valence-corrected chi connectivity index (χ0v) is 6.88. The van der Waals surface area contributed by atoms with Crippen molar-refractivity contribution in [3.05, 3.63) is 22.4 Å². The lowest BCUT2D eigenvalue weighted by atomic mass is 10.4. The van der Waals surface area contributed by atoms with Crippen LogP contribution in [0.15, 0.2) is 22.4 Å². The Hall–Kier alpha value is -0.210. The molecule has 0 unspecified atom stereocenters. The predicted octanol–water partition coefficient (Wildman–Crippen LogP) is 3.07. The Morgan fingerprint density at radius 3 is 2.89 bits per heavy atom. The first-order valence-electron chi connectivity index (χ1n) is 2.73. The number of thiophene rings is 1. The molecule has 0 amide bonds. The minimum absolute atomic E-state index is 1.07. The van der Waals surface area contributed by atoms with E-state index < -0.39 is 0 Å². The van der Waals surface area contributed by atoms with Crippen molar-refractivity contribution >= 4 is 30.0 Å². The van der Waals surface area contributed by atoms with E-state index in [0.29, 0.717) is 0 Å². The van der Waals surface area contributed by atoms with Crippen LogP contribution in [0, 0.1) is 0 Å². The minimum atomic E-state index is 1.07. The van der Waals surface area contributed by atoms with E-state index in [-0.39, 0.29) is 0 Å². The predicted molar refractivity (Wildman–Crippen MR) is 46.3 cm³/mol. The first-order valence-corrected chi connectivity index (χ1v) is 4.06. The molecule has 1 heterocycles. The summed E-state index contributed by atoms with van der Waals surface area (Å²) in [7, 11) is 0. The third kappa shape index (κ3) is 1.60. The lowest BCUT2D eigenvalue weighted by Gasteiger charge is -1.83. The lowest BCUT2D eigenvalue weighted by Crippen LogP contribution is -1.58. The Morgan fingerprint density at radius 2 is 2.44 bits per heavy atom. The van der Waals surface area contributed by atoms with Crippen LogP contribution >= 0.6 is 24.0 Å². The summed E-state index contributed by atoms with van der Waals surface area (Å²) in [5.41, 5.74) is 0. The van der Waals surface area contributed by atoms with Gasteiger partial charge in [0, 0.05) is 9.77 Å². The topological polar surface area (TPSA) is 0 Å². The maximum Gasteiger partial charge on any atom is 0.0400 e.